The zero-order valence-electron chi connectivity index (χ0n) is 20.7. The van der Waals surface area contributed by atoms with Crippen molar-refractivity contribution in [1.82, 2.24) is 0 Å². The van der Waals surface area contributed by atoms with Gasteiger partial charge in [-0.05, 0) is 54.4 Å². The molecule has 0 heterocycles. The topological polar surface area (TPSA) is 89.5 Å². The molecule has 0 saturated heterocycles. The van der Waals surface area contributed by atoms with Crippen LogP contribution in [-0.2, 0) is 38.0 Å². The molecule has 180 valence electrons. The van der Waals surface area contributed by atoms with Crippen LogP contribution in [0.1, 0.15) is 68.2 Å². The molecule has 0 fully saturated rings. The summed E-state index contributed by atoms with van der Waals surface area (Å²) >= 11 is 0. The van der Waals surface area contributed by atoms with Gasteiger partial charge in [0.25, 0.3) is 0 Å². The van der Waals surface area contributed by atoms with Gasteiger partial charge >= 0.3 is 11.9 Å². The van der Waals surface area contributed by atoms with E-state index in [4.69, 9.17) is 28.4 Å². The van der Waals surface area contributed by atoms with Crippen LogP contribution in [0.15, 0.2) is 0 Å². The summed E-state index contributed by atoms with van der Waals surface area (Å²) in [6, 6.07) is 0. The van der Waals surface area contributed by atoms with Crippen molar-refractivity contribution in [3.8, 4) is 0 Å². The smallest absolute Gasteiger partial charge is 0.337 e. The number of rotatable bonds is 14. The van der Waals surface area contributed by atoms with Gasteiger partial charge in [-0.25, -0.2) is 4.79 Å². The second kappa shape index (κ2) is 16.5. The first-order chi connectivity index (χ1) is 13.8. The van der Waals surface area contributed by atoms with Gasteiger partial charge in [-0.3, -0.25) is 4.79 Å². The van der Waals surface area contributed by atoms with Crippen molar-refractivity contribution in [1.29, 1.82) is 0 Å². The van der Waals surface area contributed by atoms with Gasteiger partial charge in [-0.15, -0.1) is 0 Å². The molecule has 30 heavy (non-hydrogen) atoms. The summed E-state index contributed by atoms with van der Waals surface area (Å²) in [6.07, 6.45) is 1.97. The van der Waals surface area contributed by atoms with Crippen molar-refractivity contribution in [3.63, 3.8) is 0 Å². The van der Waals surface area contributed by atoms with Gasteiger partial charge in [0.15, 0.2) is 5.60 Å². The normalized spacial score (nSPS) is 13.7. The molecule has 8 heteroatoms. The standard InChI is InChI=1S/C12H22O6.C10H22O2/c1-9(8-17-10(2)13)18-12(3,4)11(14)16-7-6-15-5;1-6-9(2)12-10(3,4)7-8-11-5/h9H,6-8H2,1-5H3;9H,6-8H2,1-5H3. The van der Waals surface area contributed by atoms with Gasteiger partial charge < -0.3 is 28.4 Å². The number of hydrogen-bond donors (Lipinski definition) is 0. The highest BCUT2D eigenvalue weighted by atomic mass is 16.6. The summed E-state index contributed by atoms with van der Waals surface area (Å²) in [6.45, 7) is 16.1. The Morgan fingerprint density at radius 2 is 1.40 bits per heavy atom. The van der Waals surface area contributed by atoms with E-state index < -0.39 is 11.6 Å². The molecule has 0 radical (unpaired) electrons. The molecule has 0 aliphatic rings. The Kier molecular flexibility index (Phi) is 17.0. The SMILES string of the molecule is CCC(C)OC(C)(C)CCOC.COCCOC(=O)C(C)(C)OC(C)COC(C)=O. The van der Waals surface area contributed by atoms with Gasteiger partial charge in [0.1, 0.15) is 13.2 Å². The van der Waals surface area contributed by atoms with Crippen molar-refractivity contribution in [2.24, 2.45) is 0 Å². The molecular weight excluding hydrogens is 392 g/mol. The van der Waals surface area contributed by atoms with Gasteiger partial charge in [0.2, 0.25) is 0 Å². The summed E-state index contributed by atoms with van der Waals surface area (Å²) in [5, 5.41) is 0. The van der Waals surface area contributed by atoms with Crippen LogP contribution in [-0.4, -0.2) is 76.0 Å². The van der Waals surface area contributed by atoms with Crippen LogP contribution in [0.25, 0.3) is 0 Å². The van der Waals surface area contributed by atoms with Crippen molar-refractivity contribution in [2.75, 3.05) is 40.6 Å². The van der Waals surface area contributed by atoms with Crippen molar-refractivity contribution < 1.29 is 38.0 Å². The van der Waals surface area contributed by atoms with Crippen molar-refractivity contribution >= 4 is 11.9 Å². The Morgan fingerprint density at radius 3 is 1.87 bits per heavy atom. The highest BCUT2D eigenvalue weighted by Gasteiger charge is 2.32. The van der Waals surface area contributed by atoms with Gasteiger partial charge in [-0.1, -0.05) is 6.92 Å². The lowest BCUT2D eigenvalue weighted by Gasteiger charge is -2.28. The first-order valence-corrected chi connectivity index (χ1v) is 10.4. The van der Waals surface area contributed by atoms with Gasteiger partial charge in [0, 0.05) is 27.8 Å². The molecule has 0 aromatic carbocycles. The van der Waals surface area contributed by atoms with E-state index in [-0.39, 0.29) is 30.9 Å². The minimum Gasteiger partial charge on any atom is -0.463 e. The van der Waals surface area contributed by atoms with Crippen LogP contribution < -0.4 is 0 Å². The zero-order chi connectivity index (χ0) is 23.8. The fourth-order valence-electron chi connectivity index (χ4n) is 2.25. The second-order valence-corrected chi connectivity index (χ2v) is 8.21. The van der Waals surface area contributed by atoms with Gasteiger partial charge in [-0.2, -0.15) is 0 Å². The lowest BCUT2D eigenvalue weighted by atomic mass is 10.1. The third-order valence-electron chi connectivity index (χ3n) is 4.03. The Labute approximate surface area is 182 Å². The molecule has 2 atom stereocenters. The third-order valence-corrected chi connectivity index (χ3v) is 4.03. The van der Waals surface area contributed by atoms with Crippen LogP contribution in [0.3, 0.4) is 0 Å². The predicted octanol–water partition coefficient (Wildman–Crippen LogP) is 3.54. The van der Waals surface area contributed by atoms with Crippen LogP contribution in [0.2, 0.25) is 0 Å². The number of carbonyl (C=O) groups is 2. The summed E-state index contributed by atoms with van der Waals surface area (Å²) < 4.78 is 30.9. The van der Waals surface area contributed by atoms with E-state index in [1.165, 1.54) is 14.0 Å². The highest BCUT2D eigenvalue weighted by Crippen LogP contribution is 2.18. The summed E-state index contributed by atoms with van der Waals surface area (Å²) in [5.74, 6) is -0.861. The maximum Gasteiger partial charge on any atom is 0.337 e. The Morgan fingerprint density at radius 1 is 0.833 bits per heavy atom. The molecule has 2 unspecified atom stereocenters. The first kappa shape index (κ1) is 31.0. The molecule has 0 aromatic rings. The number of carbonyl (C=O) groups excluding carboxylic acids is 2. The first-order valence-electron chi connectivity index (χ1n) is 10.4. The van der Waals surface area contributed by atoms with E-state index in [9.17, 15) is 9.59 Å². The Bertz CT molecular complexity index is 462. The van der Waals surface area contributed by atoms with Crippen LogP contribution >= 0.6 is 0 Å². The maximum absolute atomic E-state index is 11.7. The molecule has 0 amide bonds. The molecule has 0 rings (SSSR count). The van der Waals surface area contributed by atoms with Crippen LogP contribution in [0, 0.1) is 0 Å². The fourth-order valence-corrected chi connectivity index (χ4v) is 2.25. The lowest BCUT2D eigenvalue weighted by molar-refractivity contribution is -0.179. The molecule has 0 saturated carbocycles. The van der Waals surface area contributed by atoms with E-state index in [0.29, 0.717) is 12.7 Å². The molecule has 0 aromatic heterocycles. The van der Waals surface area contributed by atoms with Crippen LogP contribution in [0.4, 0.5) is 0 Å². The largest absolute Gasteiger partial charge is 0.463 e. The number of esters is 2. The molecular formula is C22H44O8. The number of ether oxygens (including phenoxy) is 6. The van der Waals surface area contributed by atoms with E-state index in [0.717, 1.165) is 19.4 Å². The molecule has 0 spiro atoms. The fraction of sp³-hybridized carbons (Fsp3) is 0.909. The predicted molar refractivity (Wildman–Crippen MR) is 116 cm³/mol. The zero-order valence-corrected chi connectivity index (χ0v) is 20.7. The third kappa shape index (κ3) is 17.6. The van der Waals surface area contributed by atoms with E-state index in [1.807, 2.05) is 0 Å². The second-order valence-electron chi connectivity index (χ2n) is 8.21. The monoisotopic (exact) mass is 436 g/mol. The Balaban J connectivity index is 0. The number of methoxy groups -OCH3 is 2. The van der Waals surface area contributed by atoms with Gasteiger partial charge in [0.05, 0.1) is 24.4 Å². The average molecular weight is 437 g/mol. The van der Waals surface area contributed by atoms with Crippen LogP contribution in [0.5, 0.6) is 0 Å². The maximum atomic E-state index is 11.7. The lowest BCUT2D eigenvalue weighted by Crippen LogP contribution is -2.41. The summed E-state index contributed by atoms with van der Waals surface area (Å²) in [5.41, 5.74) is -1.14. The van der Waals surface area contributed by atoms with Crippen molar-refractivity contribution in [2.45, 2.75) is 91.6 Å². The molecule has 0 aliphatic carbocycles. The minimum absolute atomic E-state index is 0.0502. The number of hydrogen-bond acceptors (Lipinski definition) is 8. The summed E-state index contributed by atoms with van der Waals surface area (Å²) in [7, 11) is 3.25. The molecule has 0 bridgehead atoms. The highest BCUT2D eigenvalue weighted by molar-refractivity contribution is 5.78. The average Bonchev–Trinajstić information content (AvgIpc) is 2.64. The molecule has 8 nitrogen and oxygen atoms in total. The van der Waals surface area contributed by atoms with E-state index in [2.05, 4.69) is 27.7 Å². The van der Waals surface area contributed by atoms with E-state index >= 15 is 0 Å². The van der Waals surface area contributed by atoms with E-state index in [1.54, 1.807) is 27.9 Å². The molecule has 0 aliphatic heterocycles. The minimum atomic E-state index is -1.09. The van der Waals surface area contributed by atoms with Crippen molar-refractivity contribution in [3.05, 3.63) is 0 Å². The Hall–Kier alpha value is -1.22. The molecule has 0 N–H and O–H groups in total. The quantitative estimate of drug-likeness (QED) is 0.302. The summed E-state index contributed by atoms with van der Waals surface area (Å²) in [4.78, 5) is 22.3.